The van der Waals surface area contributed by atoms with Crippen molar-refractivity contribution in [1.82, 2.24) is 9.97 Å². The summed E-state index contributed by atoms with van der Waals surface area (Å²) < 4.78 is 4.62. The van der Waals surface area contributed by atoms with E-state index < -0.39 is 17.2 Å². The Morgan fingerprint density at radius 3 is 2.75 bits per heavy atom. The molecule has 0 fully saturated rings. The first-order valence-electron chi connectivity index (χ1n) is 4.41. The van der Waals surface area contributed by atoms with Gasteiger partial charge in [-0.25, -0.2) is 9.59 Å². The quantitative estimate of drug-likeness (QED) is 0.587. The first-order valence-corrected chi connectivity index (χ1v) is 4.78. The number of halogens is 1. The van der Waals surface area contributed by atoms with Crippen LogP contribution in [0.4, 0.5) is 0 Å². The van der Waals surface area contributed by atoms with Crippen LogP contribution in [-0.2, 0) is 9.53 Å². The van der Waals surface area contributed by atoms with Gasteiger partial charge < -0.3 is 9.72 Å². The average molecular weight is 245 g/mol. The number of carbonyl (C=O) groups excluding carboxylic acids is 1. The maximum absolute atomic E-state index is 11.1. The van der Waals surface area contributed by atoms with Gasteiger partial charge in [0.1, 0.15) is 5.03 Å². The summed E-state index contributed by atoms with van der Waals surface area (Å²) in [6, 6.07) is 1.10. The molecule has 0 unspecified atom stereocenters. The van der Waals surface area contributed by atoms with Gasteiger partial charge in [0, 0.05) is 11.8 Å². The van der Waals surface area contributed by atoms with E-state index in [-0.39, 0.29) is 17.3 Å². The van der Waals surface area contributed by atoms with Crippen molar-refractivity contribution in [3.8, 4) is 0 Å². The summed E-state index contributed by atoms with van der Waals surface area (Å²) in [5, 5.41) is -0.219. The molecule has 1 rings (SSSR count). The maximum atomic E-state index is 11.1. The van der Waals surface area contributed by atoms with Gasteiger partial charge in [0.2, 0.25) is 0 Å². The van der Waals surface area contributed by atoms with Gasteiger partial charge >= 0.3 is 11.7 Å². The molecule has 1 aromatic rings. The SMILES string of the molecule is CCOC(=O)/C(Cl)=C\c1cc(=O)[nH]c(=O)[nH]1. The number of esters is 1. The Morgan fingerprint density at radius 2 is 2.19 bits per heavy atom. The van der Waals surface area contributed by atoms with Crippen molar-refractivity contribution in [1.29, 1.82) is 0 Å². The molecule has 0 aromatic carbocycles. The Hall–Kier alpha value is -1.82. The molecule has 0 aliphatic heterocycles. The normalized spacial score (nSPS) is 11.2. The lowest BCUT2D eigenvalue weighted by molar-refractivity contribution is -0.137. The fourth-order valence-corrected chi connectivity index (χ4v) is 1.13. The molecule has 0 radical (unpaired) electrons. The van der Waals surface area contributed by atoms with Gasteiger partial charge in [-0.1, -0.05) is 11.6 Å². The molecule has 1 heterocycles. The van der Waals surface area contributed by atoms with E-state index in [0.29, 0.717) is 0 Å². The molecule has 0 atom stereocenters. The van der Waals surface area contributed by atoms with E-state index in [2.05, 4.69) is 9.72 Å². The lowest BCUT2D eigenvalue weighted by Crippen LogP contribution is -2.21. The van der Waals surface area contributed by atoms with Crippen LogP contribution in [0, 0.1) is 0 Å². The van der Waals surface area contributed by atoms with Crippen molar-refractivity contribution in [3.05, 3.63) is 37.6 Å². The molecule has 1 aromatic heterocycles. The lowest BCUT2D eigenvalue weighted by atomic mass is 10.3. The maximum Gasteiger partial charge on any atom is 0.349 e. The Labute approximate surface area is 94.9 Å². The number of rotatable bonds is 3. The minimum Gasteiger partial charge on any atom is -0.462 e. The highest BCUT2D eigenvalue weighted by atomic mass is 35.5. The number of H-pyrrole nitrogens is 2. The standard InChI is InChI=1S/C9H9ClN2O4/c1-2-16-8(14)6(10)3-5-4-7(13)12-9(15)11-5/h3-4H,2H2,1H3,(H2,11,12,13,15)/b6-3+. The number of aromatic amines is 2. The second kappa shape index (κ2) is 5.32. The van der Waals surface area contributed by atoms with Crippen molar-refractivity contribution in [3.63, 3.8) is 0 Å². The lowest BCUT2D eigenvalue weighted by Gasteiger charge is -1.99. The van der Waals surface area contributed by atoms with Crippen LogP contribution >= 0.6 is 11.6 Å². The molecule has 0 saturated heterocycles. The Bertz CT molecular complexity index is 501. The highest BCUT2D eigenvalue weighted by molar-refractivity contribution is 6.43. The molecule has 86 valence electrons. The van der Waals surface area contributed by atoms with Gasteiger partial charge in [-0.05, 0) is 13.0 Å². The molecule has 0 amide bonds. The number of aromatic nitrogens is 2. The van der Waals surface area contributed by atoms with E-state index in [0.717, 1.165) is 12.1 Å². The van der Waals surface area contributed by atoms with E-state index >= 15 is 0 Å². The topological polar surface area (TPSA) is 92.0 Å². The number of ether oxygens (including phenoxy) is 1. The zero-order valence-corrected chi connectivity index (χ0v) is 9.13. The average Bonchev–Trinajstić information content (AvgIpc) is 2.16. The van der Waals surface area contributed by atoms with Crippen LogP contribution in [0.1, 0.15) is 12.6 Å². The van der Waals surface area contributed by atoms with Crippen molar-refractivity contribution >= 4 is 23.6 Å². The third-order valence-corrected chi connectivity index (χ3v) is 1.80. The summed E-state index contributed by atoms with van der Waals surface area (Å²) in [6.07, 6.45) is 1.15. The Kier molecular flexibility index (Phi) is 4.07. The van der Waals surface area contributed by atoms with Crippen molar-refractivity contribution in [2.75, 3.05) is 6.61 Å². The van der Waals surface area contributed by atoms with Crippen molar-refractivity contribution in [2.45, 2.75) is 6.92 Å². The van der Waals surface area contributed by atoms with Gasteiger partial charge in [0.15, 0.2) is 0 Å². The van der Waals surface area contributed by atoms with Gasteiger partial charge in [0.05, 0.1) is 6.61 Å². The van der Waals surface area contributed by atoms with E-state index in [1.807, 2.05) is 4.98 Å². The zero-order chi connectivity index (χ0) is 12.1. The van der Waals surface area contributed by atoms with Gasteiger partial charge in [-0.3, -0.25) is 9.78 Å². The molecule has 2 N–H and O–H groups in total. The van der Waals surface area contributed by atoms with E-state index in [4.69, 9.17) is 11.6 Å². The second-order valence-corrected chi connectivity index (χ2v) is 3.16. The summed E-state index contributed by atoms with van der Waals surface area (Å²) >= 11 is 5.60. The number of nitrogens with one attached hydrogen (secondary N) is 2. The van der Waals surface area contributed by atoms with Crippen LogP contribution < -0.4 is 11.2 Å². The molecule has 6 nitrogen and oxygen atoms in total. The summed E-state index contributed by atoms with van der Waals surface area (Å²) in [4.78, 5) is 37.2. The molecule has 0 bridgehead atoms. The Morgan fingerprint density at radius 1 is 1.50 bits per heavy atom. The van der Waals surface area contributed by atoms with Gasteiger partial charge in [0.25, 0.3) is 5.56 Å². The highest BCUT2D eigenvalue weighted by Crippen LogP contribution is 2.08. The molecule has 0 spiro atoms. The minimum absolute atomic E-state index is 0.131. The summed E-state index contributed by atoms with van der Waals surface area (Å²) in [5.41, 5.74) is -1.12. The van der Waals surface area contributed by atoms with Gasteiger partial charge in [-0.2, -0.15) is 0 Å². The van der Waals surface area contributed by atoms with Crippen LogP contribution in [0.25, 0.3) is 6.08 Å². The number of carbonyl (C=O) groups is 1. The number of hydrogen-bond acceptors (Lipinski definition) is 4. The highest BCUT2D eigenvalue weighted by Gasteiger charge is 2.07. The van der Waals surface area contributed by atoms with Crippen molar-refractivity contribution < 1.29 is 9.53 Å². The summed E-state index contributed by atoms with van der Waals surface area (Å²) in [7, 11) is 0. The van der Waals surface area contributed by atoms with Gasteiger partial charge in [-0.15, -0.1) is 0 Å². The van der Waals surface area contributed by atoms with Crippen LogP contribution in [-0.4, -0.2) is 22.5 Å². The fraction of sp³-hybridized carbons (Fsp3) is 0.222. The zero-order valence-electron chi connectivity index (χ0n) is 8.37. The third-order valence-electron chi connectivity index (χ3n) is 1.53. The van der Waals surface area contributed by atoms with Crippen LogP contribution in [0.3, 0.4) is 0 Å². The molecular weight excluding hydrogens is 236 g/mol. The molecule has 0 saturated carbocycles. The van der Waals surface area contributed by atoms with Crippen molar-refractivity contribution in [2.24, 2.45) is 0 Å². The molecule has 16 heavy (non-hydrogen) atoms. The van der Waals surface area contributed by atoms with Crippen LogP contribution in [0.15, 0.2) is 20.7 Å². The fourth-order valence-electron chi connectivity index (χ4n) is 0.961. The predicted octanol–water partition coefficient (Wildman–Crippen LogP) is 0.206. The second-order valence-electron chi connectivity index (χ2n) is 2.76. The number of hydrogen-bond donors (Lipinski definition) is 2. The predicted molar refractivity (Wildman–Crippen MR) is 58.1 cm³/mol. The van der Waals surface area contributed by atoms with Crippen LogP contribution in [0.2, 0.25) is 0 Å². The molecular formula is C9H9ClN2O4. The van der Waals surface area contributed by atoms with E-state index in [1.54, 1.807) is 6.92 Å². The summed E-state index contributed by atoms with van der Waals surface area (Å²) in [6.45, 7) is 1.83. The van der Waals surface area contributed by atoms with Crippen LogP contribution in [0.5, 0.6) is 0 Å². The molecule has 0 aliphatic rings. The minimum atomic E-state index is -0.717. The van der Waals surface area contributed by atoms with E-state index in [9.17, 15) is 14.4 Å². The Balaban J connectivity index is 3.02. The first-order chi connectivity index (χ1) is 7.52. The third kappa shape index (κ3) is 3.39. The monoisotopic (exact) mass is 244 g/mol. The molecule has 0 aliphatic carbocycles. The first kappa shape index (κ1) is 12.3. The smallest absolute Gasteiger partial charge is 0.349 e. The summed E-state index contributed by atoms with van der Waals surface area (Å²) in [5.74, 6) is -0.717. The molecule has 7 heteroatoms. The van der Waals surface area contributed by atoms with E-state index in [1.165, 1.54) is 0 Å². The largest absolute Gasteiger partial charge is 0.462 e.